The van der Waals surface area contributed by atoms with Crippen LogP contribution in [0.2, 0.25) is 0 Å². The number of amides is 1. The Morgan fingerprint density at radius 3 is 2.67 bits per heavy atom. The van der Waals surface area contributed by atoms with Crippen LogP contribution >= 0.6 is 24.0 Å². The molecular weight excluding hydrogens is 382 g/mol. The number of rotatable bonds is 4. The highest BCUT2D eigenvalue weighted by molar-refractivity contribution is 8.26. The molecule has 0 bridgehead atoms. The van der Waals surface area contributed by atoms with Gasteiger partial charge in [0, 0.05) is 34.3 Å². The number of thiocarbonyl (C=S) groups is 1. The fraction of sp³-hybridized carbons (Fsp3) is 0.0526. The molecule has 134 valence electrons. The Morgan fingerprint density at radius 1 is 1.19 bits per heavy atom. The van der Waals surface area contributed by atoms with Crippen LogP contribution in [0.5, 0.6) is 0 Å². The van der Waals surface area contributed by atoms with Crippen LogP contribution in [-0.2, 0) is 11.3 Å². The van der Waals surface area contributed by atoms with Crippen LogP contribution in [0.15, 0.2) is 59.6 Å². The van der Waals surface area contributed by atoms with Crippen molar-refractivity contribution in [1.82, 2.24) is 9.88 Å². The van der Waals surface area contributed by atoms with Gasteiger partial charge in [-0.25, -0.2) is 0 Å². The predicted octanol–water partition coefficient (Wildman–Crippen LogP) is 4.09. The van der Waals surface area contributed by atoms with Crippen LogP contribution in [0, 0.1) is 10.1 Å². The van der Waals surface area contributed by atoms with E-state index in [1.165, 1.54) is 17.8 Å². The molecule has 2 heterocycles. The number of fused-ring (bicyclic) bond motifs is 1. The van der Waals surface area contributed by atoms with Gasteiger partial charge in [0.15, 0.2) is 0 Å². The molecule has 1 aliphatic heterocycles. The fourth-order valence-corrected chi connectivity index (χ4v) is 4.12. The van der Waals surface area contributed by atoms with Gasteiger partial charge >= 0.3 is 0 Å². The second kappa shape index (κ2) is 6.98. The molecule has 0 radical (unpaired) electrons. The van der Waals surface area contributed by atoms with E-state index in [2.05, 4.69) is 5.32 Å². The maximum atomic E-state index is 12.0. The molecule has 0 unspecified atom stereocenters. The van der Waals surface area contributed by atoms with Crippen LogP contribution in [-0.4, -0.2) is 19.7 Å². The van der Waals surface area contributed by atoms with Crippen molar-refractivity contribution < 1.29 is 9.72 Å². The Bertz CT molecular complexity index is 1130. The summed E-state index contributed by atoms with van der Waals surface area (Å²) in [6.07, 6.45) is 3.71. The zero-order chi connectivity index (χ0) is 19.0. The lowest BCUT2D eigenvalue weighted by molar-refractivity contribution is -0.385. The third-order valence-electron chi connectivity index (χ3n) is 4.28. The summed E-state index contributed by atoms with van der Waals surface area (Å²) in [4.78, 5) is 23.4. The van der Waals surface area contributed by atoms with Crippen molar-refractivity contribution in [1.29, 1.82) is 0 Å². The maximum absolute atomic E-state index is 12.0. The molecule has 1 saturated heterocycles. The van der Waals surface area contributed by atoms with E-state index < -0.39 is 0 Å². The molecule has 1 amide bonds. The number of para-hydroxylation sites is 2. The molecule has 0 atom stereocenters. The second-order valence-corrected chi connectivity index (χ2v) is 7.69. The van der Waals surface area contributed by atoms with Crippen LogP contribution in [0.4, 0.5) is 5.69 Å². The number of hydrogen-bond donors (Lipinski definition) is 1. The van der Waals surface area contributed by atoms with Gasteiger partial charge in [-0.2, -0.15) is 0 Å². The number of nitro benzene ring substituents is 1. The van der Waals surface area contributed by atoms with Crippen molar-refractivity contribution >= 4 is 56.9 Å². The maximum Gasteiger partial charge on any atom is 0.274 e. The van der Waals surface area contributed by atoms with Crippen LogP contribution in [0.3, 0.4) is 0 Å². The predicted molar refractivity (Wildman–Crippen MR) is 110 cm³/mol. The minimum absolute atomic E-state index is 0.0891. The van der Waals surface area contributed by atoms with Gasteiger partial charge in [-0.15, -0.1) is 0 Å². The van der Waals surface area contributed by atoms with Crippen molar-refractivity contribution in [3.8, 4) is 0 Å². The molecule has 1 aliphatic rings. The zero-order valence-electron chi connectivity index (χ0n) is 13.9. The quantitative estimate of drug-likeness (QED) is 0.312. The lowest BCUT2D eigenvalue weighted by Crippen LogP contribution is -2.17. The highest BCUT2D eigenvalue weighted by Crippen LogP contribution is 2.30. The first-order valence-electron chi connectivity index (χ1n) is 8.08. The van der Waals surface area contributed by atoms with E-state index >= 15 is 0 Å². The summed E-state index contributed by atoms with van der Waals surface area (Å²) in [5, 5.41) is 14.9. The number of thioether (sulfide) groups is 1. The SMILES string of the molecule is O=C1NC(=S)SC1=Cc1cn(Cc2ccccc2[N+](=O)[O-])c2ccccc12. The summed E-state index contributed by atoms with van der Waals surface area (Å²) in [5.41, 5.74) is 2.52. The number of nitro groups is 1. The van der Waals surface area contributed by atoms with Crippen LogP contribution < -0.4 is 5.32 Å². The van der Waals surface area contributed by atoms with Gasteiger partial charge in [0.25, 0.3) is 11.6 Å². The highest BCUT2D eigenvalue weighted by atomic mass is 32.2. The van der Waals surface area contributed by atoms with Gasteiger partial charge in [0.2, 0.25) is 0 Å². The fourth-order valence-electron chi connectivity index (χ4n) is 3.09. The number of nitrogens with zero attached hydrogens (tertiary/aromatic N) is 2. The van der Waals surface area contributed by atoms with Crippen molar-refractivity contribution in [3.05, 3.63) is 80.9 Å². The number of nitrogens with one attached hydrogen (secondary N) is 1. The minimum atomic E-state index is -0.371. The van der Waals surface area contributed by atoms with Crippen molar-refractivity contribution in [3.63, 3.8) is 0 Å². The van der Waals surface area contributed by atoms with E-state index in [9.17, 15) is 14.9 Å². The molecule has 0 saturated carbocycles. The van der Waals surface area contributed by atoms with Gasteiger partial charge in [-0.3, -0.25) is 14.9 Å². The topological polar surface area (TPSA) is 77.2 Å². The summed E-state index contributed by atoms with van der Waals surface area (Å²) < 4.78 is 2.40. The van der Waals surface area contributed by atoms with Gasteiger partial charge in [0.05, 0.1) is 16.4 Å². The summed E-state index contributed by atoms with van der Waals surface area (Å²) in [6.45, 7) is 0.360. The smallest absolute Gasteiger partial charge is 0.274 e. The lowest BCUT2D eigenvalue weighted by atomic mass is 10.1. The van der Waals surface area contributed by atoms with Gasteiger partial charge in [-0.05, 0) is 12.1 Å². The summed E-state index contributed by atoms with van der Waals surface area (Å²) >= 11 is 6.27. The molecule has 1 fully saturated rings. The molecule has 0 aliphatic carbocycles. The average Bonchev–Trinajstić information content (AvgIpc) is 3.15. The number of aromatic nitrogens is 1. The monoisotopic (exact) mass is 395 g/mol. The van der Waals surface area contributed by atoms with E-state index in [1.807, 2.05) is 35.0 Å². The van der Waals surface area contributed by atoms with E-state index in [1.54, 1.807) is 24.3 Å². The second-order valence-electron chi connectivity index (χ2n) is 5.97. The van der Waals surface area contributed by atoms with Gasteiger partial charge < -0.3 is 9.88 Å². The molecule has 0 spiro atoms. The van der Waals surface area contributed by atoms with Crippen molar-refractivity contribution in [2.75, 3.05) is 0 Å². The Hall–Kier alpha value is -2.97. The van der Waals surface area contributed by atoms with Crippen molar-refractivity contribution in [2.45, 2.75) is 6.54 Å². The van der Waals surface area contributed by atoms with E-state index in [0.717, 1.165) is 16.5 Å². The number of carbonyl (C=O) groups excluding carboxylic acids is 1. The third kappa shape index (κ3) is 3.36. The Labute approximate surface area is 164 Å². The molecule has 3 aromatic rings. The minimum Gasteiger partial charge on any atom is -0.342 e. The third-order valence-corrected chi connectivity index (χ3v) is 5.44. The van der Waals surface area contributed by atoms with E-state index in [0.29, 0.717) is 21.3 Å². The molecule has 8 heteroatoms. The highest BCUT2D eigenvalue weighted by Gasteiger charge is 2.23. The Balaban J connectivity index is 1.80. The first-order chi connectivity index (χ1) is 13.0. The number of hydrogen-bond acceptors (Lipinski definition) is 5. The Kier molecular flexibility index (Phi) is 4.51. The normalized spacial score (nSPS) is 15.5. The molecule has 4 rings (SSSR count). The van der Waals surface area contributed by atoms with Crippen LogP contribution in [0.1, 0.15) is 11.1 Å². The first-order valence-corrected chi connectivity index (χ1v) is 9.30. The Morgan fingerprint density at radius 2 is 1.93 bits per heavy atom. The number of benzene rings is 2. The summed E-state index contributed by atoms with van der Waals surface area (Å²) in [6, 6.07) is 14.5. The van der Waals surface area contributed by atoms with Gasteiger partial charge in [-0.1, -0.05) is 60.4 Å². The molecular formula is C19H13N3O3S2. The number of carbonyl (C=O) groups is 1. The van der Waals surface area contributed by atoms with E-state index in [-0.39, 0.29) is 16.5 Å². The summed E-state index contributed by atoms with van der Waals surface area (Å²) in [5.74, 6) is -0.208. The molecule has 1 aromatic heterocycles. The molecule has 6 nitrogen and oxygen atoms in total. The lowest BCUT2D eigenvalue weighted by Gasteiger charge is -2.06. The standard InChI is InChI=1S/C19H13N3O3S2/c23-18-17(27-19(26)20-18)9-13-11-21(16-8-4-2-6-14(13)16)10-12-5-1-3-7-15(12)22(24)25/h1-9,11H,10H2,(H,20,23,26). The molecule has 2 aromatic carbocycles. The van der Waals surface area contributed by atoms with Gasteiger partial charge in [0.1, 0.15) is 4.32 Å². The largest absolute Gasteiger partial charge is 0.342 e. The average molecular weight is 395 g/mol. The molecule has 1 N–H and O–H groups in total. The summed E-state index contributed by atoms with van der Waals surface area (Å²) in [7, 11) is 0. The first kappa shape index (κ1) is 17.4. The zero-order valence-corrected chi connectivity index (χ0v) is 15.5. The van der Waals surface area contributed by atoms with Crippen LogP contribution in [0.25, 0.3) is 17.0 Å². The molecule has 27 heavy (non-hydrogen) atoms. The van der Waals surface area contributed by atoms with Crippen molar-refractivity contribution in [2.24, 2.45) is 0 Å². The van der Waals surface area contributed by atoms with E-state index in [4.69, 9.17) is 12.2 Å².